The summed E-state index contributed by atoms with van der Waals surface area (Å²) >= 11 is 6.25. The van der Waals surface area contributed by atoms with Crippen LogP contribution >= 0.6 is 11.6 Å². The van der Waals surface area contributed by atoms with Crippen molar-refractivity contribution in [2.45, 2.75) is 50.2 Å². The molecule has 1 saturated carbocycles. The Hall–Kier alpha value is -2.72. The first-order valence-corrected chi connectivity index (χ1v) is 11.3. The zero-order chi connectivity index (χ0) is 21.4. The van der Waals surface area contributed by atoms with Crippen molar-refractivity contribution >= 4 is 28.3 Å². The number of rotatable bonds is 5. The number of hydrogen-bond acceptors (Lipinski definition) is 3. The molecule has 2 aliphatic rings. The van der Waals surface area contributed by atoms with Crippen molar-refractivity contribution in [1.29, 1.82) is 0 Å². The molecule has 4 nitrogen and oxygen atoms in total. The van der Waals surface area contributed by atoms with Gasteiger partial charge in [-0.05, 0) is 60.7 Å². The predicted molar refractivity (Wildman–Crippen MR) is 123 cm³/mol. The lowest BCUT2D eigenvalue weighted by atomic mass is 9.73. The van der Waals surface area contributed by atoms with Crippen LogP contribution in [0.3, 0.4) is 0 Å². The molecule has 0 radical (unpaired) electrons. The van der Waals surface area contributed by atoms with E-state index in [1.807, 2.05) is 36.4 Å². The Morgan fingerprint density at radius 1 is 1.19 bits per heavy atom. The molecule has 5 heteroatoms. The topological polar surface area (TPSA) is 47.6 Å². The molecule has 3 aromatic carbocycles. The first-order valence-electron chi connectivity index (χ1n) is 10.9. The first-order chi connectivity index (χ1) is 15.1. The molecule has 1 aliphatic carbocycles. The van der Waals surface area contributed by atoms with Crippen molar-refractivity contribution < 1.29 is 14.3 Å². The van der Waals surface area contributed by atoms with Gasteiger partial charge in [0, 0.05) is 29.0 Å². The summed E-state index contributed by atoms with van der Waals surface area (Å²) < 4.78 is 11.9. The van der Waals surface area contributed by atoms with Gasteiger partial charge in [-0.1, -0.05) is 41.9 Å². The molecule has 1 heterocycles. The Kier molecular flexibility index (Phi) is 5.27. The number of benzene rings is 3. The molecule has 0 bridgehead atoms. The maximum atomic E-state index is 13.0. The smallest absolute Gasteiger partial charge is 0.220 e. The van der Waals surface area contributed by atoms with Gasteiger partial charge in [-0.15, -0.1) is 0 Å². The summed E-state index contributed by atoms with van der Waals surface area (Å²) in [6.45, 7) is 0. The average Bonchev–Trinajstić information content (AvgIpc) is 2.76. The van der Waals surface area contributed by atoms with Gasteiger partial charge < -0.3 is 14.8 Å². The number of carbonyl (C=O) groups excluding carboxylic acids is 1. The highest BCUT2D eigenvalue weighted by Crippen LogP contribution is 2.49. The fourth-order valence-corrected chi connectivity index (χ4v) is 5.10. The van der Waals surface area contributed by atoms with Crippen LogP contribution in [0.25, 0.3) is 10.8 Å². The molecule has 0 unspecified atom stereocenters. The molecule has 1 amide bonds. The molecule has 1 N–H and O–H groups in total. The minimum Gasteiger partial charge on any atom is -0.496 e. The number of methoxy groups -OCH3 is 1. The van der Waals surface area contributed by atoms with Crippen molar-refractivity contribution in [3.05, 3.63) is 70.7 Å². The highest BCUT2D eigenvalue weighted by atomic mass is 35.5. The number of fused-ring (bicyclic) bond motifs is 2. The van der Waals surface area contributed by atoms with E-state index in [1.54, 1.807) is 7.11 Å². The first kappa shape index (κ1) is 20.2. The van der Waals surface area contributed by atoms with Gasteiger partial charge in [-0.3, -0.25) is 4.79 Å². The SMILES string of the molecule is COc1ccc2ccccc2c1CCC(=O)N[C@H]1CC2(CCC2)Oc2ccc(Cl)cc21. The third-order valence-electron chi connectivity index (χ3n) is 6.67. The monoisotopic (exact) mass is 435 g/mol. The standard InChI is InChI=1S/C26H26ClNO3/c1-30-23-10-7-17-5-2-3-6-19(17)20(23)9-12-25(29)28-22-16-26(13-4-14-26)31-24-11-8-18(27)15-21(22)24/h2-3,5-8,10-11,15,22H,4,9,12-14,16H2,1H3,(H,28,29)/t22-/m0/s1. The molecule has 1 atom stereocenters. The molecular weight excluding hydrogens is 410 g/mol. The molecular formula is C26H26ClNO3. The van der Waals surface area contributed by atoms with E-state index >= 15 is 0 Å². The van der Waals surface area contributed by atoms with E-state index in [-0.39, 0.29) is 17.6 Å². The molecule has 3 aromatic rings. The molecule has 1 fully saturated rings. The summed E-state index contributed by atoms with van der Waals surface area (Å²) in [4.78, 5) is 13.0. The van der Waals surface area contributed by atoms with Crippen LogP contribution in [-0.4, -0.2) is 18.6 Å². The van der Waals surface area contributed by atoms with E-state index in [0.29, 0.717) is 17.9 Å². The van der Waals surface area contributed by atoms with E-state index in [9.17, 15) is 4.79 Å². The Labute approximate surface area is 187 Å². The lowest BCUT2D eigenvalue weighted by molar-refractivity contribution is -0.123. The Morgan fingerprint density at radius 2 is 2.03 bits per heavy atom. The van der Waals surface area contributed by atoms with E-state index in [1.165, 1.54) is 6.42 Å². The average molecular weight is 436 g/mol. The number of ether oxygens (including phenoxy) is 2. The van der Waals surface area contributed by atoms with Crippen molar-refractivity contribution in [3.63, 3.8) is 0 Å². The van der Waals surface area contributed by atoms with Crippen LogP contribution in [0.15, 0.2) is 54.6 Å². The van der Waals surface area contributed by atoms with Crippen molar-refractivity contribution in [2.75, 3.05) is 7.11 Å². The summed E-state index contributed by atoms with van der Waals surface area (Å²) in [5.41, 5.74) is 1.90. The van der Waals surface area contributed by atoms with E-state index < -0.39 is 0 Å². The summed E-state index contributed by atoms with van der Waals surface area (Å²) in [6.07, 6.45) is 5.05. The van der Waals surface area contributed by atoms with Gasteiger partial charge in [-0.2, -0.15) is 0 Å². The van der Waals surface area contributed by atoms with E-state index in [2.05, 4.69) is 23.5 Å². The second-order valence-corrected chi connectivity index (χ2v) is 9.05. The van der Waals surface area contributed by atoms with Crippen LogP contribution in [0, 0.1) is 0 Å². The van der Waals surface area contributed by atoms with Crippen LogP contribution in [0.4, 0.5) is 0 Å². The lowest BCUT2D eigenvalue weighted by Gasteiger charge is -2.48. The number of carbonyl (C=O) groups is 1. The van der Waals surface area contributed by atoms with Gasteiger partial charge in [0.2, 0.25) is 5.91 Å². The number of nitrogens with one attached hydrogen (secondary N) is 1. The minimum atomic E-state index is -0.141. The minimum absolute atomic E-state index is 0.0299. The summed E-state index contributed by atoms with van der Waals surface area (Å²) in [7, 11) is 1.68. The fraction of sp³-hybridized carbons (Fsp3) is 0.346. The van der Waals surface area contributed by atoms with Gasteiger partial charge in [0.1, 0.15) is 17.1 Å². The molecule has 0 saturated heterocycles. The zero-order valence-corrected chi connectivity index (χ0v) is 18.4. The van der Waals surface area contributed by atoms with Crippen molar-refractivity contribution in [3.8, 4) is 11.5 Å². The van der Waals surface area contributed by atoms with Crippen LogP contribution < -0.4 is 14.8 Å². The van der Waals surface area contributed by atoms with Gasteiger partial charge in [0.05, 0.1) is 13.2 Å². The molecule has 31 heavy (non-hydrogen) atoms. The highest BCUT2D eigenvalue weighted by molar-refractivity contribution is 6.30. The lowest BCUT2D eigenvalue weighted by Crippen LogP contribution is -2.49. The predicted octanol–water partition coefficient (Wildman–Crippen LogP) is 6.00. The molecule has 160 valence electrons. The number of halogens is 1. The second-order valence-electron chi connectivity index (χ2n) is 8.61. The van der Waals surface area contributed by atoms with Gasteiger partial charge in [0.25, 0.3) is 0 Å². The number of aryl methyl sites for hydroxylation is 1. The maximum Gasteiger partial charge on any atom is 0.220 e. The van der Waals surface area contributed by atoms with Crippen molar-refractivity contribution in [2.24, 2.45) is 0 Å². The largest absolute Gasteiger partial charge is 0.496 e. The summed E-state index contributed by atoms with van der Waals surface area (Å²) in [5.74, 6) is 1.70. The van der Waals surface area contributed by atoms with Crippen LogP contribution in [0.2, 0.25) is 5.02 Å². The summed E-state index contributed by atoms with van der Waals surface area (Å²) in [6, 6.07) is 17.9. The van der Waals surface area contributed by atoms with Crippen molar-refractivity contribution in [1.82, 2.24) is 5.32 Å². The number of hydrogen-bond donors (Lipinski definition) is 1. The van der Waals surface area contributed by atoms with Gasteiger partial charge in [0.15, 0.2) is 0 Å². The van der Waals surface area contributed by atoms with Crippen LogP contribution in [0.5, 0.6) is 11.5 Å². The summed E-state index contributed by atoms with van der Waals surface area (Å²) in [5, 5.41) is 6.20. The number of amides is 1. The molecule has 5 rings (SSSR count). The fourth-order valence-electron chi connectivity index (χ4n) is 4.92. The molecule has 1 aliphatic heterocycles. The normalized spacial score (nSPS) is 18.7. The van der Waals surface area contributed by atoms with Crippen LogP contribution in [0.1, 0.15) is 49.3 Å². The maximum absolute atomic E-state index is 13.0. The van der Waals surface area contributed by atoms with E-state index in [0.717, 1.165) is 52.7 Å². The Morgan fingerprint density at radius 3 is 2.81 bits per heavy atom. The second kappa shape index (κ2) is 8.08. The molecule has 1 spiro atoms. The third-order valence-corrected chi connectivity index (χ3v) is 6.90. The Bertz CT molecular complexity index is 1140. The van der Waals surface area contributed by atoms with E-state index in [4.69, 9.17) is 21.1 Å². The highest BCUT2D eigenvalue weighted by Gasteiger charge is 2.45. The third kappa shape index (κ3) is 3.85. The van der Waals surface area contributed by atoms with Gasteiger partial charge in [-0.25, -0.2) is 0 Å². The van der Waals surface area contributed by atoms with Gasteiger partial charge >= 0.3 is 0 Å². The molecule has 0 aromatic heterocycles. The Balaban J connectivity index is 1.35. The zero-order valence-electron chi connectivity index (χ0n) is 17.6. The quantitative estimate of drug-likeness (QED) is 0.534. The van der Waals surface area contributed by atoms with Crippen LogP contribution in [-0.2, 0) is 11.2 Å².